The average Bonchev–Trinajstić information content (AvgIpc) is 3.13. The molecule has 0 N–H and O–H groups in total. The van der Waals surface area contributed by atoms with E-state index in [0.29, 0.717) is 5.56 Å². The van der Waals surface area contributed by atoms with Crippen molar-refractivity contribution in [1.29, 1.82) is 0 Å². The van der Waals surface area contributed by atoms with Crippen LogP contribution in [-0.2, 0) is 5.54 Å². The van der Waals surface area contributed by atoms with E-state index in [4.69, 9.17) is 0 Å². The third-order valence-corrected chi connectivity index (χ3v) is 5.57. The van der Waals surface area contributed by atoms with Gasteiger partial charge in [-0.1, -0.05) is 11.8 Å². The zero-order valence-electron chi connectivity index (χ0n) is 15.2. The first-order valence-corrected chi connectivity index (χ1v) is 9.30. The van der Waals surface area contributed by atoms with Crippen LogP contribution in [0.2, 0.25) is 0 Å². The minimum atomic E-state index is -0.109. The number of hydrogen-bond donors (Lipinski definition) is 0. The Morgan fingerprint density at radius 1 is 1.21 bits per heavy atom. The number of rotatable bonds is 1. The maximum Gasteiger partial charge on any atom is 0.257 e. The Balaban J connectivity index is 1.59. The molecular weight excluding hydrogens is 322 g/mol. The van der Waals surface area contributed by atoms with Crippen molar-refractivity contribution in [2.24, 2.45) is 4.99 Å². The summed E-state index contributed by atoms with van der Waals surface area (Å²) in [5.41, 5.74) is 0.564. The molecule has 0 bridgehead atoms. The Labute approximate surface area is 148 Å². The van der Waals surface area contributed by atoms with Crippen LogP contribution in [0.25, 0.3) is 0 Å². The molecule has 1 fully saturated rings. The summed E-state index contributed by atoms with van der Waals surface area (Å²) in [7, 11) is 0. The summed E-state index contributed by atoms with van der Waals surface area (Å²) in [6, 6.07) is 0. The summed E-state index contributed by atoms with van der Waals surface area (Å²) in [6.07, 6.45) is 3.54. The molecule has 7 heteroatoms. The SMILES string of the molecule is CC1(C)CN=C(N2CCN(C(=O)c3cnn(C(C)(C)C)c3)CC2)S1. The van der Waals surface area contributed by atoms with Crippen LogP contribution in [0.15, 0.2) is 17.4 Å². The monoisotopic (exact) mass is 349 g/mol. The van der Waals surface area contributed by atoms with Gasteiger partial charge < -0.3 is 9.80 Å². The molecule has 0 aliphatic carbocycles. The number of nitrogens with zero attached hydrogens (tertiary/aromatic N) is 5. The van der Waals surface area contributed by atoms with Gasteiger partial charge in [-0.2, -0.15) is 5.10 Å². The Morgan fingerprint density at radius 3 is 2.38 bits per heavy atom. The van der Waals surface area contributed by atoms with Gasteiger partial charge >= 0.3 is 0 Å². The van der Waals surface area contributed by atoms with Crippen molar-refractivity contribution in [2.75, 3.05) is 32.7 Å². The summed E-state index contributed by atoms with van der Waals surface area (Å²) in [5.74, 6) is 0.0755. The van der Waals surface area contributed by atoms with Crippen molar-refractivity contribution in [3.05, 3.63) is 18.0 Å². The van der Waals surface area contributed by atoms with Gasteiger partial charge in [-0.05, 0) is 34.6 Å². The highest BCUT2D eigenvalue weighted by Gasteiger charge is 2.32. The Hall–Kier alpha value is -1.50. The van der Waals surface area contributed by atoms with E-state index in [2.05, 4.69) is 49.6 Å². The number of carbonyl (C=O) groups excluding carboxylic acids is 1. The summed E-state index contributed by atoms with van der Waals surface area (Å²) in [5, 5.41) is 5.47. The Bertz CT molecular complexity index is 650. The zero-order valence-corrected chi connectivity index (χ0v) is 16.1. The second-order valence-corrected chi connectivity index (χ2v) is 9.76. The summed E-state index contributed by atoms with van der Waals surface area (Å²) >= 11 is 1.85. The van der Waals surface area contributed by atoms with Crippen molar-refractivity contribution in [3.63, 3.8) is 0 Å². The van der Waals surface area contributed by atoms with Gasteiger partial charge in [0.25, 0.3) is 5.91 Å². The molecule has 1 aromatic rings. The third kappa shape index (κ3) is 3.61. The third-order valence-electron chi connectivity index (χ3n) is 4.32. The number of amidine groups is 1. The molecule has 0 unspecified atom stereocenters. The predicted octanol–water partition coefficient (Wildman–Crippen LogP) is 2.28. The van der Waals surface area contributed by atoms with E-state index >= 15 is 0 Å². The summed E-state index contributed by atoms with van der Waals surface area (Å²) in [4.78, 5) is 21.6. The highest BCUT2D eigenvalue weighted by Crippen LogP contribution is 2.33. The lowest BCUT2D eigenvalue weighted by atomic mass is 10.1. The molecule has 3 rings (SSSR count). The van der Waals surface area contributed by atoms with Crippen LogP contribution in [0.5, 0.6) is 0 Å². The fraction of sp³-hybridized carbons (Fsp3) is 0.706. The van der Waals surface area contributed by atoms with E-state index in [-0.39, 0.29) is 16.2 Å². The predicted molar refractivity (Wildman–Crippen MR) is 98.7 cm³/mol. The smallest absolute Gasteiger partial charge is 0.257 e. The number of hydrogen-bond acceptors (Lipinski definition) is 5. The van der Waals surface area contributed by atoms with E-state index in [1.165, 1.54) is 0 Å². The molecule has 1 amide bonds. The van der Waals surface area contributed by atoms with Gasteiger partial charge in [0.1, 0.15) is 0 Å². The van der Waals surface area contributed by atoms with Gasteiger partial charge in [0.05, 0.1) is 23.8 Å². The number of amides is 1. The van der Waals surface area contributed by atoms with Crippen molar-refractivity contribution in [2.45, 2.75) is 44.9 Å². The standard InChI is InChI=1S/C17H27N5OS/c1-16(2,3)22-11-13(10-19-22)14(23)20-6-8-21(9-7-20)15-18-12-17(4,5)24-15/h10-11H,6-9,12H2,1-5H3. The lowest BCUT2D eigenvalue weighted by Crippen LogP contribution is -2.50. The van der Waals surface area contributed by atoms with Gasteiger partial charge in [-0.25, -0.2) is 0 Å². The molecule has 1 aromatic heterocycles. The molecule has 1 saturated heterocycles. The van der Waals surface area contributed by atoms with Crippen molar-refractivity contribution in [3.8, 4) is 0 Å². The fourth-order valence-corrected chi connectivity index (χ4v) is 3.88. The second kappa shape index (κ2) is 6.10. The fourth-order valence-electron chi connectivity index (χ4n) is 2.82. The highest BCUT2D eigenvalue weighted by molar-refractivity contribution is 8.15. The number of thioether (sulfide) groups is 1. The number of aliphatic imine (C=N–C) groups is 1. The average molecular weight is 350 g/mol. The molecule has 2 aliphatic heterocycles. The molecule has 0 radical (unpaired) electrons. The minimum absolute atomic E-state index is 0.0755. The van der Waals surface area contributed by atoms with Gasteiger partial charge in [0.15, 0.2) is 5.17 Å². The maximum atomic E-state index is 12.7. The number of aromatic nitrogens is 2. The number of piperazine rings is 1. The normalized spacial score (nSPS) is 21.1. The van der Waals surface area contributed by atoms with E-state index in [1.807, 2.05) is 27.5 Å². The van der Waals surface area contributed by atoms with Gasteiger partial charge in [-0.15, -0.1) is 0 Å². The molecule has 0 spiro atoms. The molecule has 3 heterocycles. The Kier molecular flexibility index (Phi) is 4.40. The van der Waals surface area contributed by atoms with Gasteiger partial charge in [0.2, 0.25) is 0 Å². The van der Waals surface area contributed by atoms with E-state index in [1.54, 1.807) is 6.20 Å². The molecule has 0 aromatic carbocycles. The molecule has 0 saturated carbocycles. The van der Waals surface area contributed by atoms with E-state index < -0.39 is 0 Å². The van der Waals surface area contributed by atoms with Crippen molar-refractivity contribution >= 4 is 22.8 Å². The molecular formula is C17H27N5OS. The topological polar surface area (TPSA) is 53.7 Å². The quantitative estimate of drug-likeness (QED) is 0.780. The van der Waals surface area contributed by atoms with Crippen LogP contribution < -0.4 is 0 Å². The first-order valence-electron chi connectivity index (χ1n) is 8.49. The Morgan fingerprint density at radius 2 is 1.88 bits per heavy atom. The lowest BCUT2D eigenvalue weighted by Gasteiger charge is -2.35. The van der Waals surface area contributed by atoms with Crippen molar-refractivity contribution < 1.29 is 4.79 Å². The molecule has 6 nitrogen and oxygen atoms in total. The molecule has 0 atom stereocenters. The maximum absolute atomic E-state index is 12.7. The van der Waals surface area contributed by atoms with Gasteiger partial charge in [-0.3, -0.25) is 14.5 Å². The van der Waals surface area contributed by atoms with E-state index in [0.717, 1.165) is 37.9 Å². The van der Waals surface area contributed by atoms with Crippen LogP contribution in [0, 0.1) is 0 Å². The first kappa shape index (κ1) is 17.3. The zero-order chi connectivity index (χ0) is 17.5. The van der Waals surface area contributed by atoms with Crippen LogP contribution in [0.4, 0.5) is 0 Å². The van der Waals surface area contributed by atoms with Crippen molar-refractivity contribution in [1.82, 2.24) is 19.6 Å². The van der Waals surface area contributed by atoms with Gasteiger partial charge in [0, 0.05) is 37.1 Å². The van der Waals surface area contributed by atoms with Crippen LogP contribution in [-0.4, -0.2) is 68.1 Å². The highest BCUT2D eigenvalue weighted by atomic mass is 32.2. The van der Waals surface area contributed by atoms with Crippen LogP contribution >= 0.6 is 11.8 Å². The molecule has 24 heavy (non-hydrogen) atoms. The minimum Gasteiger partial charge on any atom is -0.348 e. The van der Waals surface area contributed by atoms with Crippen LogP contribution in [0.3, 0.4) is 0 Å². The second-order valence-electron chi connectivity index (χ2n) is 8.08. The lowest BCUT2D eigenvalue weighted by molar-refractivity contribution is 0.0693. The van der Waals surface area contributed by atoms with E-state index in [9.17, 15) is 4.79 Å². The number of carbonyl (C=O) groups is 1. The summed E-state index contributed by atoms with van der Waals surface area (Å²) < 4.78 is 2.05. The summed E-state index contributed by atoms with van der Waals surface area (Å²) in [6.45, 7) is 14.7. The molecule has 2 aliphatic rings. The first-order chi connectivity index (χ1) is 11.2. The van der Waals surface area contributed by atoms with Crippen LogP contribution in [0.1, 0.15) is 45.0 Å². The molecule has 132 valence electrons. The largest absolute Gasteiger partial charge is 0.348 e.